The number of aromatic nitrogens is 2. The molecule has 1 aliphatic carbocycles. The summed E-state index contributed by atoms with van der Waals surface area (Å²) in [7, 11) is 1.79. The molecule has 94 valence electrons. The maximum Gasteiger partial charge on any atom is 0.321 e. The second-order valence-corrected chi connectivity index (χ2v) is 4.83. The lowest BCUT2D eigenvalue weighted by atomic mass is 9.78. The predicted molar refractivity (Wildman–Crippen MR) is 69.5 cm³/mol. The van der Waals surface area contributed by atoms with E-state index < -0.39 is 0 Å². The summed E-state index contributed by atoms with van der Waals surface area (Å²) in [4.78, 5) is 4.47. The fourth-order valence-corrected chi connectivity index (χ4v) is 2.90. The van der Waals surface area contributed by atoms with Crippen LogP contribution in [0.4, 0.5) is 6.01 Å². The fourth-order valence-electron chi connectivity index (χ4n) is 2.90. The highest BCUT2D eigenvalue weighted by atomic mass is 16.5. The van der Waals surface area contributed by atoms with Gasteiger partial charge in [0.1, 0.15) is 0 Å². The van der Waals surface area contributed by atoms with Crippen molar-refractivity contribution in [2.75, 3.05) is 12.4 Å². The molecular weight excluding hydrogens is 226 g/mol. The van der Waals surface area contributed by atoms with Gasteiger partial charge >= 0.3 is 6.01 Å². The molecule has 1 aromatic carbocycles. The second kappa shape index (κ2) is 4.44. The van der Waals surface area contributed by atoms with Crippen molar-refractivity contribution in [3.8, 4) is 0 Å². The van der Waals surface area contributed by atoms with Gasteiger partial charge in [-0.2, -0.15) is 4.98 Å². The van der Waals surface area contributed by atoms with E-state index in [4.69, 9.17) is 4.52 Å². The average Bonchev–Trinajstić information content (AvgIpc) is 3.09. The first-order valence-electron chi connectivity index (χ1n) is 6.43. The molecule has 2 aromatic rings. The van der Waals surface area contributed by atoms with Crippen molar-refractivity contribution >= 4 is 6.01 Å². The number of rotatable bonds is 3. The van der Waals surface area contributed by atoms with Gasteiger partial charge in [-0.25, -0.2) is 0 Å². The zero-order valence-electron chi connectivity index (χ0n) is 10.5. The van der Waals surface area contributed by atoms with Crippen LogP contribution in [-0.2, 0) is 5.41 Å². The molecule has 1 aliphatic rings. The smallest absolute Gasteiger partial charge is 0.321 e. The van der Waals surface area contributed by atoms with E-state index >= 15 is 0 Å². The molecule has 4 nitrogen and oxygen atoms in total. The normalized spacial score (nSPS) is 17.8. The Morgan fingerprint density at radius 2 is 1.89 bits per heavy atom. The van der Waals surface area contributed by atoms with Gasteiger partial charge < -0.3 is 9.84 Å². The average molecular weight is 243 g/mol. The van der Waals surface area contributed by atoms with Crippen LogP contribution in [0, 0.1) is 0 Å². The molecule has 0 bridgehead atoms. The Bertz CT molecular complexity index is 515. The Balaban J connectivity index is 2.06. The molecule has 3 rings (SSSR count). The van der Waals surface area contributed by atoms with Gasteiger partial charge in [-0.3, -0.25) is 0 Å². The maximum absolute atomic E-state index is 5.20. The van der Waals surface area contributed by atoms with E-state index in [1.54, 1.807) is 7.05 Å². The Morgan fingerprint density at radius 3 is 2.50 bits per heavy atom. The summed E-state index contributed by atoms with van der Waals surface area (Å²) in [5, 5.41) is 7.07. The number of nitrogens with one attached hydrogen (secondary N) is 1. The molecular formula is C14H17N3O. The summed E-state index contributed by atoms with van der Waals surface area (Å²) in [5.74, 6) is 0.815. The number of hydrogen-bond acceptors (Lipinski definition) is 4. The van der Waals surface area contributed by atoms with Crippen LogP contribution in [0.25, 0.3) is 0 Å². The van der Waals surface area contributed by atoms with Gasteiger partial charge in [0, 0.05) is 7.05 Å². The van der Waals surface area contributed by atoms with Crippen LogP contribution in [0.3, 0.4) is 0 Å². The van der Waals surface area contributed by atoms with Crippen LogP contribution in [0.15, 0.2) is 34.9 Å². The van der Waals surface area contributed by atoms with Crippen LogP contribution in [0.2, 0.25) is 0 Å². The monoisotopic (exact) mass is 243 g/mol. The fraction of sp³-hybridized carbons (Fsp3) is 0.429. The maximum atomic E-state index is 5.20. The third kappa shape index (κ3) is 1.68. The van der Waals surface area contributed by atoms with Crippen molar-refractivity contribution in [1.29, 1.82) is 0 Å². The number of nitrogens with zero attached hydrogens (tertiary/aromatic N) is 2. The third-order valence-corrected chi connectivity index (χ3v) is 3.85. The summed E-state index contributed by atoms with van der Waals surface area (Å²) in [5.41, 5.74) is 1.24. The second-order valence-electron chi connectivity index (χ2n) is 4.83. The number of anilines is 1. The minimum Gasteiger partial charge on any atom is -0.341 e. The molecule has 0 saturated heterocycles. The molecule has 0 radical (unpaired) electrons. The third-order valence-electron chi connectivity index (χ3n) is 3.85. The van der Waals surface area contributed by atoms with Crippen molar-refractivity contribution in [3.05, 3.63) is 41.7 Å². The lowest BCUT2D eigenvalue weighted by molar-refractivity contribution is 0.396. The van der Waals surface area contributed by atoms with Crippen LogP contribution >= 0.6 is 0 Å². The Hall–Kier alpha value is -1.84. The first-order chi connectivity index (χ1) is 8.85. The van der Waals surface area contributed by atoms with Crippen LogP contribution in [0.1, 0.15) is 37.1 Å². The lowest BCUT2D eigenvalue weighted by Gasteiger charge is -2.25. The van der Waals surface area contributed by atoms with Gasteiger partial charge in [0.05, 0.1) is 5.41 Å². The van der Waals surface area contributed by atoms with E-state index in [9.17, 15) is 0 Å². The number of hydrogen-bond donors (Lipinski definition) is 1. The van der Waals surface area contributed by atoms with Gasteiger partial charge in [-0.05, 0) is 18.4 Å². The van der Waals surface area contributed by atoms with Crippen molar-refractivity contribution in [2.45, 2.75) is 31.1 Å². The predicted octanol–water partition coefficient (Wildman–Crippen LogP) is 2.97. The SMILES string of the molecule is CNc1nc(C2(c3ccccc3)CCCC2)no1. The van der Waals surface area contributed by atoms with Crippen LogP contribution in [0.5, 0.6) is 0 Å². The van der Waals surface area contributed by atoms with Gasteiger partial charge in [0.2, 0.25) is 0 Å². The Morgan fingerprint density at radius 1 is 1.17 bits per heavy atom. The topological polar surface area (TPSA) is 51.0 Å². The van der Waals surface area contributed by atoms with E-state index in [1.807, 2.05) is 6.07 Å². The van der Waals surface area contributed by atoms with Gasteiger partial charge in [-0.15, -0.1) is 0 Å². The lowest BCUT2D eigenvalue weighted by Crippen LogP contribution is -2.25. The largest absolute Gasteiger partial charge is 0.341 e. The first-order valence-corrected chi connectivity index (χ1v) is 6.43. The van der Waals surface area contributed by atoms with Crippen LogP contribution in [-0.4, -0.2) is 17.2 Å². The minimum atomic E-state index is -0.0557. The zero-order valence-corrected chi connectivity index (χ0v) is 10.5. The summed E-state index contributed by atoms with van der Waals surface area (Å²) < 4.78 is 5.20. The highest BCUT2D eigenvalue weighted by Crippen LogP contribution is 2.45. The van der Waals surface area contributed by atoms with Crippen molar-refractivity contribution in [2.24, 2.45) is 0 Å². The first kappa shape index (κ1) is 11.3. The van der Waals surface area contributed by atoms with E-state index in [0.29, 0.717) is 6.01 Å². The molecule has 1 N–H and O–H groups in total. The molecule has 0 aliphatic heterocycles. The van der Waals surface area contributed by atoms with Crippen molar-refractivity contribution in [1.82, 2.24) is 10.1 Å². The van der Waals surface area contributed by atoms with E-state index in [0.717, 1.165) is 18.7 Å². The van der Waals surface area contributed by atoms with Gasteiger partial charge in [-0.1, -0.05) is 48.3 Å². The molecule has 1 heterocycles. The van der Waals surface area contributed by atoms with Gasteiger partial charge in [0.25, 0.3) is 0 Å². The van der Waals surface area contributed by atoms with E-state index in [2.05, 4.69) is 39.7 Å². The highest BCUT2D eigenvalue weighted by molar-refractivity contribution is 5.35. The van der Waals surface area contributed by atoms with Gasteiger partial charge in [0.15, 0.2) is 5.82 Å². The Kier molecular flexibility index (Phi) is 2.78. The van der Waals surface area contributed by atoms with Crippen LogP contribution < -0.4 is 5.32 Å². The summed E-state index contributed by atoms with van der Waals surface area (Å²) in [6, 6.07) is 11.0. The standard InChI is InChI=1S/C14H17N3O/c1-15-13-16-12(17-18-13)14(9-5-6-10-14)11-7-3-2-4-8-11/h2-4,7-8H,5-6,9-10H2,1H3,(H,15,16,17). The molecule has 4 heteroatoms. The molecule has 0 unspecified atom stereocenters. The highest BCUT2D eigenvalue weighted by Gasteiger charge is 2.41. The minimum absolute atomic E-state index is 0.0557. The number of benzene rings is 1. The molecule has 1 fully saturated rings. The van der Waals surface area contributed by atoms with Crippen molar-refractivity contribution in [3.63, 3.8) is 0 Å². The molecule has 0 spiro atoms. The summed E-state index contributed by atoms with van der Waals surface area (Å²) in [6.07, 6.45) is 4.63. The van der Waals surface area contributed by atoms with E-state index in [1.165, 1.54) is 18.4 Å². The molecule has 1 aromatic heterocycles. The summed E-state index contributed by atoms with van der Waals surface area (Å²) >= 11 is 0. The summed E-state index contributed by atoms with van der Waals surface area (Å²) in [6.45, 7) is 0. The van der Waals surface area contributed by atoms with Crippen molar-refractivity contribution < 1.29 is 4.52 Å². The quantitative estimate of drug-likeness (QED) is 0.900. The zero-order chi connectivity index (χ0) is 12.4. The molecule has 18 heavy (non-hydrogen) atoms. The molecule has 1 saturated carbocycles. The Labute approximate surface area is 106 Å². The molecule has 0 amide bonds. The molecule has 0 atom stereocenters. The van der Waals surface area contributed by atoms with E-state index in [-0.39, 0.29) is 5.41 Å².